The summed E-state index contributed by atoms with van der Waals surface area (Å²) in [4.78, 5) is 26.3. The number of hydrogen-bond acceptors (Lipinski definition) is 7. The van der Waals surface area contributed by atoms with Crippen LogP contribution in [-0.4, -0.2) is 46.9 Å². The Morgan fingerprint density at radius 2 is 1.78 bits per heavy atom. The molecular weight excluding hydrogens is 517 g/mol. The predicted octanol–water partition coefficient (Wildman–Crippen LogP) is 4.82. The first-order chi connectivity index (χ1) is 17.5. The molecular formula is C26H28FN3O5S2. The fourth-order valence-electron chi connectivity index (χ4n) is 4.60. The fraction of sp³-hybridized carbons (Fsp3) is 0.308. The van der Waals surface area contributed by atoms with Crippen molar-refractivity contribution in [2.24, 2.45) is 0 Å². The van der Waals surface area contributed by atoms with E-state index in [0.29, 0.717) is 24.5 Å². The largest absolute Gasteiger partial charge is 0.378 e. The lowest BCUT2D eigenvalue weighted by Gasteiger charge is -2.32. The van der Waals surface area contributed by atoms with E-state index in [4.69, 9.17) is 4.74 Å². The molecule has 1 amide bonds. The van der Waals surface area contributed by atoms with Gasteiger partial charge in [-0.05, 0) is 67.5 Å². The average molecular weight is 546 g/mol. The Morgan fingerprint density at radius 3 is 2.46 bits per heavy atom. The zero-order chi connectivity index (χ0) is 26.9. The summed E-state index contributed by atoms with van der Waals surface area (Å²) in [7, 11) is -4.41. The average Bonchev–Trinajstić information content (AvgIpc) is 3.30. The maximum Gasteiger partial charge on any atom is 0.267 e. The number of ether oxygens (including phenoxy) is 1. The molecule has 0 spiro atoms. The van der Waals surface area contributed by atoms with Crippen molar-refractivity contribution in [3.8, 4) is 0 Å². The number of morpholine rings is 1. The number of nitrogens with zero attached hydrogens (tertiary/aromatic N) is 1. The molecule has 0 bridgehead atoms. The van der Waals surface area contributed by atoms with Gasteiger partial charge in [0, 0.05) is 24.5 Å². The maximum absolute atomic E-state index is 14.8. The molecule has 11 heteroatoms. The number of nitrogens with one attached hydrogen (secondary N) is 2. The summed E-state index contributed by atoms with van der Waals surface area (Å²) in [5.41, 5.74) is 4.59. The van der Waals surface area contributed by atoms with Crippen LogP contribution in [0.3, 0.4) is 0 Å². The molecule has 37 heavy (non-hydrogen) atoms. The van der Waals surface area contributed by atoms with Crippen LogP contribution in [0, 0.1) is 33.5 Å². The van der Waals surface area contributed by atoms with Crippen molar-refractivity contribution in [2.45, 2.75) is 32.6 Å². The molecule has 2 N–H and O–H groups in total. The van der Waals surface area contributed by atoms with Crippen molar-refractivity contribution in [3.63, 3.8) is 0 Å². The zero-order valence-corrected chi connectivity index (χ0v) is 22.6. The summed E-state index contributed by atoms with van der Waals surface area (Å²) < 4.78 is 48.5. The minimum atomic E-state index is -4.41. The molecule has 4 rings (SSSR count). The standard InChI is InChI=1S/C26H28FN3O5S2/c1-15-5-6-21(22(27)19(15)14-31)37(33,34)29-20-7-12-36-25(20)26(32)28-23-16(2)13-17(3)24(18(23)4)30-8-10-35-11-9-30/h5-7,12-14,29H,8-11H2,1-4H3,(H,28,32). The normalized spacial score (nSPS) is 13.9. The van der Waals surface area contributed by atoms with Gasteiger partial charge in [0.15, 0.2) is 12.1 Å². The molecule has 2 heterocycles. The molecule has 0 saturated carbocycles. The molecule has 1 fully saturated rings. The van der Waals surface area contributed by atoms with E-state index in [-0.39, 0.29) is 22.4 Å². The van der Waals surface area contributed by atoms with Crippen LogP contribution in [0.4, 0.5) is 21.5 Å². The lowest BCUT2D eigenvalue weighted by molar-refractivity contribution is 0.103. The van der Waals surface area contributed by atoms with E-state index in [9.17, 15) is 22.4 Å². The monoisotopic (exact) mass is 545 g/mol. The van der Waals surface area contributed by atoms with Gasteiger partial charge in [-0.25, -0.2) is 12.8 Å². The van der Waals surface area contributed by atoms with Crippen molar-refractivity contribution in [1.82, 2.24) is 0 Å². The number of rotatable bonds is 7. The molecule has 0 unspecified atom stereocenters. The van der Waals surface area contributed by atoms with E-state index in [1.54, 1.807) is 5.38 Å². The predicted molar refractivity (Wildman–Crippen MR) is 143 cm³/mol. The molecule has 196 valence electrons. The van der Waals surface area contributed by atoms with Crippen LogP contribution in [0.25, 0.3) is 0 Å². The van der Waals surface area contributed by atoms with Crippen molar-refractivity contribution in [1.29, 1.82) is 0 Å². The molecule has 1 aliphatic rings. The summed E-state index contributed by atoms with van der Waals surface area (Å²) >= 11 is 1.06. The first-order valence-corrected chi connectivity index (χ1v) is 14.0. The van der Waals surface area contributed by atoms with Crippen molar-refractivity contribution in [3.05, 3.63) is 68.2 Å². The Balaban J connectivity index is 1.63. The van der Waals surface area contributed by atoms with Crippen molar-refractivity contribution < 1.29 is 27.1 Å². The van der Waals surface area contributed by atoms with Gasteiger partial charge >= 0.3 is 0 Å². The van der Waals surface area contributed by atoms with Crippen LogP contribution in [0.15, 0.2) is 34.5 Å². The SMILES string of the molecule is Cc1ccc(S(=O)(=O)Nc2ccsc2C(=O)Nc2c(C)cc(C)c(N3CCOCC3)c2C)c(F)c1C=O. The van der Waals surface area contributed by atoms with Crippen LogP contribution in [0.2, 0.25) is 0 Å². The van der Waals surface area contributed by atoms with E-state index in [1.807, 2.05) is 26.8 Å². The van der Waals surface area contributed by atoms with Gasteiger partial charge in [0.05, 0.1) is 24.5 Å². The molecule has 2 aromatic carbocycles. The summed E-state index contributed by atoms with van der Waals surface area (Å²) in [6.07, 6.45) is 0.282. The number of aldehydes is 1. The first-order valence-electron chi connectivity index (χ1n) is 11.6. The summed E-state index contributed by atoms with van der Waals surface area (Å²) in [5, 5.41) is 4.52. The molecule has 1 aromatic heterocycles. The quantitative estimate of drug-likeness (QED) is 0.413. The van der Waals surface area contributed by atoms with Crippen LogP contribution in [0.5, 0.6) is 0 Å². The highest BCUT2D eigenvalue weighted by Crippen LogP contribution is 2.35. The van der Waals surface area contributed by atoms with Crippen molar-refractivity contribution in [2.75, 3.05) is 41.2 Å². The number of carbonyl (C=O) groups excluding carboxylic acids is 2. The number of anilines is 3. The van der Waals surface area contributed by atoms with Gasteiger partial charge < -0.3 is 15.0 Å². The number of benzene rings is 2. The molecule has 0 aliphatic carbocycles. The minimum Gasteiger partial charge on any atom is -0.378 e. The number of carbonyl (C=O) groups is 2. The van der Waals surface area contributed by atoms with E-state index >= 15 is 0 Å². The lowest BCUT2D eigenvalue weighted by atomic mass is 10.0. The number of amides is 1. The number of aryl methyl sites for hydroxylation is 3. The fourth-order valence-corrected chi connectivity index (χ4v) is 6.57. The van der Waals surface area contributed by atoms with E-state index in [1.165, 1.54) is 19.1 Å². The minimum absolute atomic E-state index is 0.0194. The first kappa shape index (κ1) is 26.8. The highest BCUT2D eigenvalue weighted by Gasteiger charge is 2.26. The van der Waals surface area contributed by atoms with E-state index in [2.05, 4.69) is 14.9 Å². The number of halogens is 1. The summed E-state index contributed by atoms with van der Waals surface area (Å²) in [6, 6.07) is 5.91. The Kier molecular flexibility index (Phi) is 7.67. The smallest absolute Gasteiger partial charge is 0.267 e. The Labute approximate surface area is 219 Å². The van der Waals surface area contributed by atoms with Crippen LogP contribution in [-0.2, 0) is 14.8 Å². The second kappa shape index (κ2) is 10.6. The Bertz CT molecular complexity index is 1480. The number of hydrogen-bond donors (Lipinski definition) is 2. The topological polar surface area (TPSA) is 105 Å². The van der Waals surface area contributed by atoms with Gasteiger partial charge in [-0.2, -0.15) is 0 Å². The van der Waals surface area contributed by atoms with Crippen LogP contribution >= 0.6 is 11.3 Å². The highest BCUT2D eigenvalue weighted by molar-refractivity contribution is 7.92. The van der Waals surface area contributed by atoms with E-state index in [0.717, 1.165) is 52.9 Å². The van der Waals surface area contributed by atoms with Gasteiger partial charge in [0.25, 0.3) is 15.9 Å². The maximum atomic E-state index is 14.8. The molecule has 1 saturated heterocycles. The van der Waals surface area contributed by atoms with Crippen LogP contribution in [0.1, 0.15) is 42.3 Å². The molecule has 3 aromatic rings. The molecule has 1 aliphatic heterocycles. The molecule has 8 nitrogen and oxygen atoms in total. The van der Waals surface area contributed by atoms with Gasteiger partial charge in [-0.3, -0.25) is 14.3 Å². The third-order valence-electron chi connectivity index (χ3n) is 6.38. The van der Waals surface area contributed by atoms with Gasteiger partial charge in [0.2, 0.25) is 0 Å². The van der Waals surface area contributed by atoms with E-state index < -0.39 is 26.6 Å². The van der Waals surface area contributed by atoms with Crippen molar-refractivity contribution >= 4 is 50.6 Å². The summed E-state index contributed by atoms with van der Waals surface area (Å²) in [5.74, 6) is -1.63. The lowest BCUT2D eigenvalue weighted by Crippen LogP contribution is -2.37. The Hall–Kier alpha value is -3.28. The second-order valence-corrected chi connectivity index (χ2v) is 11.5. The van der Waals surface area contributed by atoms with Gasteiger partial charge in [-0.15, -0.1) is 11.3 Å². The second-order valence-electron chi connectivity index (χ2n) is 8.91. The number of sulfonamides is 1. The van der Waals surface area contributed by atoms with Gasteiger partial charge in [-0.1, -0.05) is 12.1 Å². The third kappa shape index (κ3) is 5.25. The van der Waals surface area contributed by atoms with Gasteiger partial charge in [0.1, 0.15) is 9.77 Å². The third-order valence-corrected chi connectivity index (χ3v) is 8.68. The van der Waals surface area contributed by atoms with Crippen LogP contribution < -0.4 is 14.9 Å². The molecule has 0 atom stereocenters. The Morgan fingerprint density at radius 1 is 1.08 bits per heavy atom. The summed E-state index contributed by atoms with van der Waals surface area (Å²) in [6.45, 7) is 10.1. The zero-order valence-electron chi connectivity index (χ0n) is 21.0. The number of thiophene rings is 1. The highest BCUT2D eigenvalue weighted by atomic mass is 32.2. The molecule has 0 radical (unpaired) electrons.